The molecular formula is C25H29BrN4O2S2. The number of aryl methyl sites for hydroxylation is 1. The van der Waals surface area contributed by atoms with Gasteiger partial charge in [0.15, 0.2) is 5.16 Å². The van der Waals surface area contributed by atoms with Crippen LogP contribution < -0.4 is 5.56 Å². The van der Waals surface area contributed by atoms with Gasteiger partial charge >= 0.3 is 0 Å². The number of Topliss-reactive ketones (excluding diaryl/α,β-unsaturated/α-hetero) is 1. The topological polar surface area (TPSA) is 68.1 Å². The molecule has 0 bridgehead atoms. The fourth-order valence-corrected chi connectivity index (χ4v) is 6.02. The minimum absolute atomic E-state index is 0.0810. The van der Waals surface area contributed by atoms with Crippen LogP contribution in [0.2, 0.25) is 0 Å². The van der Waals surface area contributed by atoms with Crippen LogP contribution in [-0.4, -0.2) is 51.6 Å². The fourth-order valence-electron chi connectivity index (χ4n) is 4.03. The summed E-state index contributed by atoms with van der Waals surface area (Å²) < 4.78 is 2.82. The fraction of sp³-hybridized carbons (Fsp3) is 0.440. The predicted molar refractivity (Wildman–Crippen MR) is 143 cm³/mol. The molecule has 0 saturated carbocycles. The Kier molecular flexibility index (Phi) is 8.74. The molecule has 9 heteroatoms. The average molecular weight is 562 g/mol. The third-order valence-electron chi connectivity index (χ3n) is 5.79. The Balaban J connectivity index is 1.44. The predicted octanol–water partition coefficient (Wildman–Crippen LogP) is 4.86. The maximum atomic E-state index is 13.2. The van der Waals surface area contributed by atoms with Crippen LogP contribution in [0, 0.1) is 0 Å². The second kappa shape index (κ2) is 11.7. The molecule has 1 aromatic carbocycles. The number of nitrogens with zero attached hydrogens (tertiary/aromatic N) is 4. The van der Waals surface area contributed by atoms with Crippen LogP contribution in [0.1, 0.15) is 35.5 Å². The third-order valence-corrected chi connectivity index (χ3v) is 8.21. The Morgan fingerprint density at radius 2 is 1.94 bits per heavy atom. The molecule has 180 valence electrons. The first-order valence-corrected chi connectivity index (χ1v) is 14.2. The summed E-state index contributed by atoms with van der Waals surface area (Å²) in [5, 5.41) is 3.48. The molecule has 0 aliphatic heterocycles. The van der Waals surface area contributed by atoms with E-state index in [9.17, 15) is 9.59 Å². The second-order valence-electron chi connectivity index (χ2n) is 8.78. The number of ketones is 1. The van der Waals surface area contributed by atoms with E-state index >= 15 is 0 Å². The Morgan fingerprint density at radius 3 is 2.71 bits per heavy atom. The van der Waals surface area contributed by atoms with Gasteiger partial charge in [0.05, 0.1) is 23.6 Å². The minimum atomic E-state index is 0.0810. The van der Waals surface area contributed by atoms with E-state index in [1.165, 1.54) is 23.1 Å². The van der Waals surface area contributed by atoms with Gasteiger partial charge in [0.1, 0.15) is 10.8 Å². The number of halogens is 1. The molecule has 34 heavy (non-hydrogen) atoms. The highest BCUT2D eigenvalue weighted by Crippen LogP contribution is 2.25. The number of hydrogen-bond acceptors (Lipinski definition) is 7. The molecule has 4 rings (SSSR count). The molecule has 2 aromatic heterocycles. The van der Waals surface area contributed by atoms with E-state index in [-0.39, 0.29) is 17.1 Å². The van der Waals surface area contributed by atoms with E-state index in [0.717, 1.165) is 70.6 Å². The molecule has 6 nitrogen and oxygen atoms in total. The first kappa shape index (κ1) is 25.3. The number of aromatic nitrogens is 3. The molecule has 0 spiro atoms. The van der Waals surface area contributed by atoms with E-state index in [2.05, 4.69) is 25.8 Å². The summed E-state index contributed by atoms with van der Waals surface area (Å²) in [5.74, 6) is 0.375. The van der Waals surface area contributed by atoms with E-state index in [1.54, 1.807) is 4.57 Å². The summed E-state index contributed by atoms with van der Waals surface area (Å²) >= 11 is 6.34. The summed E-state index contributed by atoms with van der Waals surface area (Å²) in [4.78, 5) is 37.6. The molecule has 0 radical (unpaired) electrons. The van der Waals surface area contributed by atoms with Crippen LogP contribution in [-0.2, 0) is 30.6 Å². The van der Waals surface area contributed by atoms with Crippen LogP contribution >= 0.6 is 39.0 Å². The quantitative estimate of drug-likeness (QED) is 0.260. The van der Waals surface area contributed by atoms with Gasteiger partial charge in [-0.25, -0.2) is 9.97 Å². The van der Waals surface area contributed by atoms with Gasteiger partial charge in [-0.3, -0.25) is 14.2 Å². The van der Waals surface area contributed by atoms with Crippen molar-refractivity contribution in [1.82, 2.24) is 19.4 Å². The van der Waals surface area contributed by atoms with Crippen LogP contribution in [0.15, 0.2) is 44.1 Å². The van der Waals surface area contributed by atoms with Gasteiger partial charge in [-0.2, -0.15) is 0 Å². The van der Waals surface area contributed by atoms with Crippen LogP contribution in [0.5, 0.6) is 0 Å². The van der Waals surface area contributed by atoms with Crippen molar-refractivity contribution < 1.29 is 4.79 Å². The zero-order chi connectivity index (χ0) is 24.1. The van der Waals surface area contributed by atoms with Crippen LogP contribution in [0.4, 0.5) is 0 Å². The zero-order valence-electron chi connectivity index (χ0n) is 19.6. The van der Waals surface area contributed by atoms with Gasteiger partial charge in [-0.15, -0.1) is 11.3 Å². The molecule has 2 heterocycles. The maximum Gasteiger partial charge on any atom is 0.257 e. The Morgan fingerprint density at radius 1 is 1.18 bits per heavy atom. The molecule has 0 fully saturated rings. The number of thiazole rings is 1. The van der Waals surface area contributed by atoms with Gasteiger partial charge in [0, 0.05) is 27.5 Å². The molecular weight excluding hydrogens is 532 g/mol. The highest BCUT2D eigenvalue weighted by atomic mass is 79.9. The van der Waals surface area contributed by atoms with Crippen molar-refractivity contribution in [3.05, 3.63) is 60.7 Å². The van der Waals surface area contributed by atoms with Crippen LogP contribution in [0.3, 0.4) is 0 Å². The summed E-state index contributed by atoms with van der Waals surface area (Å²) in [6.45, 7) is 1.52. The lowest BCUT2D eigenvalue weighted by Crippen LogP contribution is -2.31. The van der Waals surface area contributed by atoms with Gasteiger partial charge in [-0.1, -0.05) is 39.8 Å². The molecule has 1 aliphatic carbocycles. The molecule has 0 N–H and O–H groups in total. The lowest BCUT2D eigenvalue weighted by molar-refractivity contribution is -0.116. The number of fused-ring (bicyclic) bond motifs is 1. The van der Waals surface area contributed by atoms with E-state index in [1.807, 2.05) is 43.7 Å². The SMILES string of the molecule is CN(C)CCCn1c(SCC(=O)Cc2nc(-c3ccc(Br)cc3)cs2)nc2c(c1=O)CCCC2. The van der Waals surface area contributed by atoms with Gasteiger partial charge in [0.2, 0.25) is 0 Å². The number of rotatable bonds is 10. The standard InChI is InChI=1S/C25H29BrN4O2S2/c1-29(2)12-5-13-30-24(32)20-6-3-4-7-21(20)28-25(30)34-15-19(31)14-23-27-22(16-33-23)17-8-10-18(26)11-9-17/h8-11,16H,3-7,12-15H2,1-2H3. The van der Waals surface area contributed by atoms with Crippen molar-refractivity contribution in [3.63, 3.8) is 0 Å². The first-order chi connectivity index (χ1) is 16.4. The van der Waals surface area contributed by atoms with Crippen molar-refractivity contribution in [2.45, 2.75) is 50.2 Å². The summed E-state index contributed by atoms with van der Waals surface area (Å²) in [6, 6.07) is 8.00. The Bertz CT molecular complexity index is 1200. The highest BCUT2D eigenvalue weighted by molar-refractivity contribution is 9.10. The summed E-state index contributed by atoms with van der Waals surface area (Å²) in [7, 11) is 4.06. The lowest BCUT2D eigenvalue weighted by atomic mass is 9.97. The van der Waals surface area contributed by atoms with Gasteiger partial charge in [-0.05, 0) is 64.9 Å². The maximum absolute atomic E-state index is 13.2. The zero-order valence-corrected chi connectivity index (χ0v) is 22.8. The smallest absolute Gasteiger partial charge is 0.257 e. The Labute approximate surface area is 217 Å². The van der Waals surface area contributed by atoms with Gasteiger partial charge in [0.25, 0.3) is 5.56 Å². The summed E-state index contributed by atoms with van der Waals surface area (Å²) in [5.41, 5.74) is 3.80. The van der Waals surface area contributed by atoms with Gasteiger partial charge < -0.3 is 4.90 Å². The molecule has 0 atom stereocenters. The largest absolute Gasteiger partial charge is 0.309 e. The number of thioether (sulfide) groups is 1. The van der Waals surface area contributed by atoms with E-state index in [0.29, 0.717) is 18.1 Å². The third kappa shape index (κ3) is 6.44. The first-order valence-electron chi connectivity index (χ1n) is 11.5. The number of carbonyl (C=O) groups is 1. The average Bonchev–Trinajstić information content (AvgIpc) is 3.28. The van der Waals surface area contributed by atoms with Crippen molar-refractivity contribution in [2.75, 3.05) is 26.4 Å². The second-order valence-corrected chi connectivity index (χ2v) is 11.6. The molecule has 3 aromatic rings. The van der Waals surface area contributed by atoms with Crippen molar-refractivity contribution >= 4 is 44.8 Å². The Hall–Kier alpha value is -1.81. The summed E-state index contributed by atoms with van der Waals surface area (Å²) in [6.07, 6.45) is 4.93. The van der Waals surface area contributed by atoms with Crippen molar-refractivity contribution in [2.24, 2.45) is 0 Å². The minimum Gasteiger partial charge on any atom is -0.309 e. The van der Waals surface area contributed by atoms with Crippen molar-refractivity contribution in [3.8, 4) is 11.3 Å². The highest BCUT2D eigenvalue weighted by Gasteiger charge is 2.20. The molecule has 0 unspecified atom stereocenters. The number of hydrogen-bond donors (Lipinski definition) is 0. The lowest BCUT2D eigenvalue weighted by Gasteiger charge is -2.20. The number of carbonyl (C=O) groups excluding carboxylic acids is 1. The van der Waals surface area contributed by atoms with Crippen molar-refractivity contribution in [1.29, 1.82) is 0 Å². The molecule has 0 amide bonds. The molecule has 1 aliphatic rings. The molecule has 0 saturated heterocycles. The number of benzene rings is 1. The monoisotopic (exact) mass is 560 g/mol. The normalized spacial score (nSPS) is 13.3. The van der Waals surface area contributed by atoms with E-state index < -0.39 is 0 Å². The van der Waals surface area contributed by atoms with E-state index in [4.69, 9.17) is 4.98 Å². The van der Waals surface area contributed by atoms with Crippen LogP contribution in [0.25, 0.3) is 11.3 Å².